The Morgan fingerprint density at radius 2 is 1.31 bits per heavy atom. The maximum absolute atomic E-state index is 5.34. The van der Waals surface area contributed by atoms with Gasteiger partial charge in [0.1, 0.15) is 5.82 Å². The molecule has 1 atom stereocenters. The molecule has 0 fully saturated rings. The molecule has 7 aromatic carbocycles. The molecule has 0 amide bonds. The fraction of sp³-hybridized carbons (Fsp3) is 0.0909. The first kappa shape index (κ1) is 34.2. The van der Waals surface area contributed by atoms with Crippen molar-refractivity contribution in [2.24, 2.45) is 0 Å². The van der Waals surface area contributed by atoms with Crippen molar-refractivity contribution in [3.05, 3.63) is 216 Å². The molecule has 2 aliphatic rings. The van der Waals surface area contributed by atoms with Crippen molar-refractivity contribution in [3.8, 4) is 39.1 Å². The van der Waals surface area contributed by atoms with Crippen molar-refractivity contribution in [3.63, 3.8) is 0 Å². The summed E-state index contributed by atoms with van der Waals surface area (Å²) in [7, 11) is 0. The molecule has 2 aromatic heterocycles. The lowest BCUT2D eigenvalue weighted by Gasteiger charge is -2.21. The average molecular weight is 744 g/mol. The molecule has 0 radical (unpaired) electrons. The van der Waals surface area contributed by atoms with Crippen LogP contribution in [0.4, 0.5) is 0 Å². The molecular weight excluding hydrogens is 703 g/mol. The second-order valence-electron chi connectivity index (χ2n) is 16.1. The van der Waals surface area contributed by atoms with Crippen LogP contribution in [0, 0.1) is 0 Å². The highest BCUT2D eigenvalue weighted by atomic mass is 15.0. The minimum atomic E-state index is -0.100. The van der Waals surface area contributed by atoms with Gasteiger partial charge in [-0.2, -0.15) is 0 Å². The number of para-hydroxylation sites is 2. The molecule has 0 saturated heterocycles. The molecule has 0 bridgehead atoms. The highest BCUT2D eigenvalue weighted by Gasteiger charge is 2.36. The number of rotatable bonds is 6. The van der Waals surface area contributed by atoms with Crippen LogP contribution < -0.4 is 0 Å². The minimum absolute atomic E-state index is 0.0850. The molecule has 3 heteroatoms. The standard InChI is InChI=1S/C55H41N3/c1-5-7-17-34(6-2)53-42-23-14-16-25-49(42)56-54(57-53)52-40-22-12-11-20-38(40)43-30-35(26-28-41(43)52)36-27-29-50-45(31-36)46-32-44-39-21-13-15-24-47(39)55(3,4)48(44)33-51(46)58(50)37-18-9-8-10-19-37/h5-33,52H,2H2,1,3-4H3/b7-5-,34-17+. The number of hydrogen-bond acceptors (Lipinski definition) is 2. The van der Waals surface area contributed by atoms with Crippen LogP contribution in [0.1, 0.15) is 60.5 Å². The van der Waals surface area contributed by atoms with Crippen LogP contribution in [-0.4, -0.2) is 14.5 Å². The van der Waals surface area contributed by atoms with Gasteiger partial charge in [-0.05, 0) is 111 Å². The van der Waals surface area contributed by atoms with Crippen LogP contribution in [0.5, 0.6) is 0 Å². The van der Waals surface area contributed by atoms with Crippen molar-refractivity contribution in [2.45, 2.75) is 32.1 Å². The summed E-state index contributed by atoms with van der Waals surface area (Å²) >= 11 is 0. The monoisotopic (exact) mass is 743 g/mol. The van der Waals surface area contributed by atoms with Crippen molar-refractivity contribution in [1.29, 1.82) is 0 Å². The zero-order valence-electron chi connectivity index (χ0n) is 32.9. The molecule has 2 heterocycles. The molecule has 0 spiro atoms. The van der Waals surface area contributed by atoms with Gasteiger partial charge < -0.3 is 4.57 Å². The number of allylic oxidation sites excluding steroid dienone is 5. The number of fused-ring (bicyclic) bond motifs is 10. The van der Waals surface area contributed by atoms with Gasteiger partial charge in [0.15, 0.2) is 0 Å². The van der Waals surface area contributed by atoms with E-state index in [1.54, 1.807) is 0 Å². The first-order valence-corrected chi connectivity index (χ1v) is 20.2. The number of aromatic nitrogens is 3. The summed E-state index contributed by atoms with van der Waals surface area (Å²) < 4.78 is 2.45. The molecule has 0 aliphatic heterocycles. The maximum Gasteiger partial charge on any atom is 0.141 e. The van der Waals surface area contributed by atoms with Crippen LogP contribution in [0.15, 0.2) is 183 Å². The van der Waals surface area contributed by atoms with E-state index in [4.69, 9.17) is 9.97 Å². The van der Waals surface area contributed by atoms with E-state index in [0.29, 0.717) is 0 Å². The molecule has 0 N–H and O–H groups in total. The molecule has 11 rings (SSSR count). The Hall–Kier alpha value is -7.10. The summed E-state index contributed by atoms with van der Waals surface area (Å²) in [4.78, 5) is 10.6. The van der Waals surface area contributed by atoms with Crippen molar-refractivity contribution < 1.29 is 0 Å². The summed E-state index contributed by atoms with van der Waals surface area (Å²) in [6.45, 7) is 10.9. The third kappa shape index (κ3) is 4.99. The number of benzene rings is 7. The Labute approximate surface area is 339 Å². The largest absolute Gasteiger partial charge is 0.309 e. The Morgan fingerprint density at radius 1 is 0.603 bits per heavy atom. The van der Waals surface area contributed by atoms with E-state index < -0.39 is 0 Å². The molecular formula is C55H41N3. The minimum Gasteiger partial charge on any atom is -0.309 e. The molecule has 58 heavy (non-hydrogen) atoms. The van der Waals surface area contributed by atoms with E-state index in [2.05, 4.69) is 183 Å². The van der Waals surface area contributed by atoms with Gasteiger partial charge in [-0.3, -0.25) is 0 Å². The number of hydrogen-bond donors (Lipinski definition) is 0. The highest BCUT2D eigenvalue weighted by molar-refractivity contribution is 6.13. The lowest BCUT2D eigenvalue weighted by Crippen LogP contribution is -2.14. The first-order chi connectivity index (χ1) is 28.4. The third-order valence-corrected chi connectivity index (χ3v) is 12.6. The van der Waals surface area contributed by atoms with Gasteiger partial charge in [-0.25, -0.2) is 9.97 Å². The third-order valence-electron chi connectivity index (χ3n) is 12.6. The van der Waals surface area contributed by atoms with Crippen LogP contribution in [-0.2, 0) is 5.41 Å². The van der Waals surface area contributed by atoms with Gasteiger partial charge >= 0.3 is 0 Å². The van der Waals surface area contributed by atoms with E-state index in [0.717, 1.165) is 28.0 Å². The topological polar surface area (TPSA) is 30.7 Å². The normalized spacial score (nSPS) is 15.2. The molecule has 2 aliphatic carbocycles. The zero-order chi connectivity index (χ0) is 39.1. The summed E-state index contributed by atoms with van der Waals surface area (Å²) in [6.07, 6.45) is 8.04. The predicted molar refractivity (Wildman–Crippen MR) is 243 cm³/mol. The smallest absolute Gasteiger partial charge is 0.141 e. The van der Waals surface area contributed by atoms with Crippen molar-refractivity contribution in [1.82, 2.24) is 14.5 Å². The second-order valence-corrected chi connectivity index (χ2v) is 16.1. The second kappa shape index (κ2) is 13.0. The van der Waals surface area contributed by atoms with E-state index in [1.165, 1.54) is 83.1 Å². The SMILES string of the molecule is C=C/C(=C\C=C/C)c1nc(C2c3ccccc3-c3cc(-c4ccc5c(c4)c4cc6c(cc4n5-c4ccccc4)C(C)(C)c4ccccc4-6)ccc32)nc2ccccc12. The van der Waals surface area contributed by atoms with Gasteiger partial charge in [0.2, 0.25) is 0 Å². The van der Waals surface area contributed by atoms with Gasteiger partial charge in [-0.1, -0.05) is 148 Å². The first-order valence-electron chi connectivity index (χ1n) is 20.2. The van der Waals surface area contributed by atoms with Crippen LogP contribution in [0.25, 0.3) is 77.3 Å². The van der Waals surface area contributed by atoms with E-state index in [-0.39, 0.29) is 11.3 Å². The molecule has 1 unspecified atom stereocenters. The van der Waals surface area contributed by atoms with Crippen LogP contribution >= 0.6 is 0 Å². The van der Waals surface area contributed by atoms with Crippen LogP contribution in [0.2, 0.25) is 0 Å². The average Bonchev–Trinajstić information content (AvgIpc) is 3.85. The van der Waals surface area contributed by atoms with E-state index in [9.17, 15) is 0 Å². The fourth-order valence-corrected chi connectivity index (χ4v) is 9.80. The quantitative estimate of drug-likeness (QED) is 0.159. The van der Waals surface area contributed by atoms with E-state index in [1.807, 2.05) is 25.2 Å². The van der Waals surface area contributed by atoms with Gasteiger partial charge in [-0.15, -0.1) is 0 Å². The Kier molecular flexibility index (Phi) is 7.64. The Bertz CT molecular complexity index is 3230. The van der Waals surface area contributed by atoms with Crippen LogP contribution in [0.3, 0.4) is 0 Å². The molecule has 9 aromatic rings. The number of nitrogens with zero attached hydrogens (tertiary/aromatic N) is 3. The predicted octanol–water partition coefficient (Wildman–Crippen LogP) is 14.0. The van der Waals surface area contributed by atoms with Gasteiger partial charge in [0, 0.05) is 32.8 Å². The maximum atomic E-state index is 5.34. The molecule has 0 saturated carbocycles. The summed E-state index contributed by atoms with van der Waals surface area (Å²) in [5.41, 5.74) is 19.1. The lowest BCUT2D eigenvalue weighted by molar-refractivity contribution is 0.661. The fourth-order valence-electron chi connectivity index (χ4n) is 9.80. The van der Waals surface area contributed by atoms with Gasteiger partial charge in [0.25, 0.3) is 0 Å². The van der Waals surface area contributed by atoms with E-state index >= 15 is 0 Å². The Balaban J connectivity index is 1.09. The lowest BCUT2D eigenvalue weighted by atomic mass is 9.82. The summed E-state index contributed by atoms with van der Waals surface area (Å²) in [6, 6.07) is 55.7. The van der Waals surface area contributed by atoms with Gasteiger partial charge in [0.05, 0.1) is 28.2 Å². The molecule has 3 nitrogen and oxygen atoms in total. The highest BCUT2D eigenvalue weighted by Crippen LogP contribution is 2.52. The summed E-state index contributed by atoms with van der Waals surface area (Å²) in [5.74, 6) is 0.699. The Morgan fingerprint density at radius 3 is 2.16 bits per heavy atom. The zero-order valence-corrected chi connectivity index (χ0v) is 32.9. The molecule has 276 valence electrons. The summed E-state index contributed by atoms with van der Waals surface area (Å²) in [5, 5.41) is 3.54. The van der Waals surface area contributed by atoms with Crippen molar-refractivity contribution >= 4 is 38.3 Å². The van der Waals surface area contributed by atoms with Crippen molar-refractivity contribution in [2.75, 3.05) is 0 Å².